The van der Waals surface area contributed by atoms with Crippen LogP contribution in [0.1, 0.15) is 43.1 Å². The van der Waals surface area contributed by atoms with Crippen LogP contribution in [0.2, 0.25) is 0 Å². The zero-order chi connectivity index (χ0) is 15.3. The molecule has 0 aliphatic carbocycles. The molecule has 2 amide bonds. The topological polar surface area (TPSA) is 82.5 Å². The first-order valence-electron chi connectivity index (χ1n) is 6.61. The van der Waals surface area contributed by atoms with Crippen LogP contribution < -0.4 is 5.32 Å². The number of carboxylic acids is 1. The van der Waals surface area contributed by atoms with E-state index in [9.17, 15) is 9.59 Å². The maximum absolute atomic E-state index is 12.0. The number of thiazole rings is 1. The van der Waals surface area contributed by atoms with Crippen molar-refractivity contribution in [2.75, 3.05) is 7.05 Å². The van der Waals surface area contributed by atoms with E-state index in [2.05, 4.69) is 10.3 Å². The Morgan fingerprint density at radius 2 is 2.15 bits per heavy atom. The molecule has 7 heteroatoms. The molecule has 2 unspecified atom stereocenters. The summed E-state index contributed by atoms with van der Waals surface area (Å²) in [4.78, 5) is 29.7. The fraction of sp³-hybridized carbons (Fsp3) is 0.615. The number of aryl methyl sites for hydroxylation is 1. The predicted molar refractivity (Wildman–Crippen MR) is 77.9 cm³/mol. The lowest BCUT2D eigenvalue weighted by molar-refractivity contribution is -0.141. The van der Waals surface area contributed by atoms with Gasteiger partial charge in [0.05, 0.1) is 6.04 Å². The number of rotatable bonds is 6. The second kappa shape index (κ2) is 7.23. The van der Waals surface area contributed by atoms with Crippen LogP contribution >= 0.6 is 11.3 Å². The summed E-state index contributed by atoms with van der Waals surface area (Å²) in [6, 6.07) is -1.45. The number of carbonyl (C=O) groups is 2. The lowest BCUT2D eigenvalue weighted by atomic mass is 10.2. The molecule has 0 saturated carbocycles. The molecule has 0 spiro atoms. The van der Waals surface area contributed by atoms with Gasteiger partial charge >= 0.3 is 12.0 Å². The lowest BCUT2D eigenvalue weighted by Crippen LogP contribution is -2.47. The number of nitrogens with one attached hydrogen (secondary N) is 1. The van der Waals surface area contributed by atoms with Gasteiger partial charge in [-0.1, -0.05) is 13.8 Å². The van der Waals surface area contributed by atoms with Crippen molar-refractivity contribution in [2.24, 2.45) is 0 Å². The maximum Gasteiger partial charge on any atom is 0.326 e. The average Bonchev–Trinajstić information content (AvgIpc) is 2.87. The highest BCUT2D eigenvalue weighted by atomic mass is 32.1. The van der Waals surface area contributed by atoms with Crippen molar-refractivity contribution in [1.82, 2.24) is 15.2 Å². The fourth-order valence-corrected chi connectivity index (χ4v) is 2.65. The summed E-state index contributed by atoms with van der Waals surface area (Å²) in [7, 11) is 1.49. The average molecular weight is 299 g/mol. The largest absolute Gasteiger partial charge is 0.480 e. The number of urea groups is 1. The SMILES string of the molecule is CCc1cnc(C(C)NC(=O)N(C)C(CC)C(=O)O)s1. The number of nitrogens with zero attached hydrogens (tertiary/aromatic N) is 2. The van der Waals surface area contributed by atoms with Crippen molar-refractivity contribution in [3.05, 3.63) is 16.1 Å². The van der Waals surface area contributed by atoms with Crippen LogP contribution in [0.15, 0.2) is 6.20 Å². The van der Waals surface area contributed by atoms with Crippen molar-refractivity contribution in [2.45, 2.75) is 45.7 Å². The molecule has 0 aliphatic heterocycles. The summed E-state index contributed by atoms with van der Waals surface area (Å²) < 4.78 is 0. The Hall–Kier alpha value is -1.63. The molecule has 0 saturated heterocycles. The van der Waals surface area contributed by atoms with Crippen molar-refractivity contribution < 1.29 is 14.7 Å². The lowest BCUT2D eigenvalue weighted by Gasteiger charge is -2.25. The second-order valence-electron chi connectivity index (χ2n) is 4.56. The Balaban J connectivity index is 2.67. The summed E-state index contributed by atoms with van der Waals surface area (Å²) in [5.74, 6) is -1.000. The van der Waals surface area contributed by atoms with Gasteiger partial charge in [-0.3, -0.25) is 0 Å². The third-order valence-corrected chi connectivity index (χ3v) is 4.41. The summed E-state index contributed by atoms with van der Waals surface area (Å²) in [5, 5.41) is 12.6. The molecule has 1 rings (SSSR count). The van der Waals surface area contributed by atoms with E-state index in [0.29, 0.717) is 6.42 Å². The van der Waals surface area contributed by atoms with E-state index in [1.54, 1.807) is 24.5 Å². The monoisotopic (exact) mass is 299 g/mol. The zero-order valence-corrected chi connectivity index (χ0v) is 13.0. The summed E-state index contributed by atoms with van der Waals surface area (Å²) in [5.41, 5.74) is 0. The van der Waals surface area contributed by atoms with Crippen molar-refractivity contribution in [3.8, 4) is 0 Å². The number of likely N-dealkylation sites (N-methyl/N-ethyl adjacent to an activating group) is 1. The summed E-state index contributed by atoms with van der Waals surface area (Å²) in [6.45, 7) is 5.62. The molecule has 0 aromatic carbocycles. The number of hydrogen-bond donors (Lipinski definition) is 2. The van der Waals surface area contributed by atoms with Crippen molar-refractivity contribution in [1.29, 1.82) is 0 Å². The van der Waals surface area contributed by atoms with Gasteiger partial charge in [-0.2, -0.15) is 0 Å². The Morgan fingerprint density at radius 1 is 1.50 bits per heavy atom. The minimum atomic E-state index is -1.000. The Bertz CT molecular complexity index is 475. The molecular weight excluding hydrogens is 278 g/mol. The highest BCUT2D eigenvalue weighted by Crippen LogP contribution is 2.20. The van der Waals surface area contributed by atoms with E-state index >= 15 is 0 Å². The first kappa shape index (κ1) is 16.4. The molecule has 1 aromatic rings. The second-order valence-corrected chi connectivity index (χ2v) is 5.71. The molecule has 1 heterocycles. The summed E-state index contributed by atoms with van der Waals surface area (Å²) in [6.07, 6.45) is 3.08. The highest BCUT2D eigenvalue weighted by Gasteiger charge is 2.26. The van der Waals surface area contributed by atoms with Gasteiger partial charge in [0.1, 0.15) is 11.0 Å². The minimum Gasteiger partial charge on any atom is -0.480 e. The van der Waals surface area contributed by atoms with Gasteiger partial charge in [-0.05, 0) is 19.8 Å². The molecule has 0 aliphatic rings. The Kier molecular flexibility index (Phi) is 5.94. The first-order chi connectivity index (χ1) is 9.40. The third-order valence-electron chi connectivity index (χ3n) is 3.09. The summed E-state index contributed by atoms with van der Waals surface area (Å²) >= 11 is 1.55. The van der Waals surface area contributed by atoms with Crippen LogP contribution in [0.4, 0.5) is 4.79 Å². The standard InChI is InChI=1S/C13H21N3O3S/c1-5-9-7-14-11(20-9)8(3)15-13(19)16(4)10(6-2)12(17)18/h7-8,10H,5-6H2,1-4H3,(H,15,19)(H,17,18). The van der Waals surface area contributed by atoms with Crippen LogP contribution in [0, 0.1) is 0 Å². The van der Waals surface area contributed by atoms with Crippen LogP contribution in [-0.4, -0.2) is 40.1 Å². The molecule has 0 fully saturated rings. The van der Waals surface area contributed by atoms with Gasteiger partial charge in [0.25, 0.3) is 0 Å². The smallest absolute Gasteiger partial charge is 0.326 e. The van der Waals surface area contributed by atoms with Gasteiger partial charge in [0.15, 0.2) is 0 Å². The van der Waals surface area contributed by atoms with Gasteiger partial charge in [0.2, 0.25) is 0 Å². The van der Waals surface area contributed by atoms with Gasteiger partial charge < -0.3 is 15.3 Å². The zero-order valence-electron chi connectivity index (χ0n) is 12.2. The molecule has 6 nitrogen and oxygen atoms in total. The first-order valence-corrected chi connectivity index (χ1v) is 7.43. The van der Waals surface area contributed by atoms with E-state index in [4.69, 9.17) is 5.11 Å². The van der Waals surface area contributed by atoms with Crippen LogP contribution in [0.3, 0.4) is 0 Å². The molecule has 2 N–H and O–H groups in total. The maximum atomic E-state index is 12.0. The number of amides is 2. The number of aliphatic carboxylic acids is 1. The number of hydrogen-bond acceptors (Lipinski definition) is 4. The predicted octanol–water partition coefficient (Wildman–Crippen LogP) is 2.27. The van der Waals surface area contributed by atoms with Gasteiger partial charge in [-0.15, -0.1) is 11.3 Å². The van der Waals surface area contributed by atoms with E-state index in [-0.39, 0.29) is 6.04 Å². The Labute approximate surface area is 122 Å². The number of aromatic nitrogens is 1. The van der Waals surface area contributed by atoms with Crippen molar-refractivity contribution >= 4 is 23.3 Å². The van der Waals surface area contributed by atoms with Crippen LogP contribution in [-0.2, 0) is 11.2 Å². The normalized spacial score (nSPS) is 13.6. The third kappa shape index (κ3) is 3.93. The quantitative estimate of drug-likeness (QED) is 0.844. The molecule has 2 atom stereocenters. The molecule has 20 heavy (non-hydrogen) atoms. The molecule has 112 valence electrons. The molecular formula is C13H21N3O3S. The highest BCUT2D eigenvalue weighted by molar-refractivity contribution is 7.11. The van der Waals surface area contributed by atoms with Crippen LogP contribution in [0.25, 0.3) is 0 Å². The molecule has 1 aromatic heterocycles. The van der Waals surface area contributed by atoms with E-state index in [1.807, 2.05) is 13.8 Å². The van der Waals surface area contributed by atoms with E-state index in [1.165, 1.54) is 11.9 Å². The Morgan fingerprint density at radius 3 is 2.60 bits per heavy atom. The molecule has 0 bridgehead atoms. The van der Waals surface area contributed by atoms with Gasteiger partial charge in [0, 0.05) is 18.1 Å². The van der Waals surface area contributed by atoms with E-state index in [0.717, 1.165) is 16.3 Å². The minimum absolute atomic E-state index is 0.235. The van der Waals surface area contributed by atoms with E-state index < -0.39 is 18.0 Å². The van der Waals surface area contributed by atoms with Gasteiger partial charge in [-0.25, -0.2) is 14.6 Å². The molecule has 0 radical (unpaired) electrons. The van der Waals surface area contributed by atoms with Crippen molar-refractivity contribution in [3.63, 3.8) is 0 Å². The fourth-order valence-electron chi connectivity index (χ4n) is 1.79. The van der Waals surface area contributed by atoms with Crippen LogP contribution in [0.5, 0.6) is 0 Å². The number of carbonyl (C=O) groups excluding carboxylic acids is 1. The number of carboxylic acid groups (broad SMARTS) is 1.